The van der Waals surface area contributed by atoms with Crippen LogP contribution in [0.1, 0.15) is 0 Å². The van der Waals surface area contributed by atoms with Crippen molar-refractivity contribution in [3.63, 3.8) is 0 Å². The molecule has 0 N–H and O–H groups in total. The van der Waals surface area contributed by atoms with E-state index in [2.05, 4.69) is 199 Å². The van der Waals surface area contributed by atoms with Crippen LogP contribution in [-0.4, -0.2) is 0 Å². The van der Waals surface area contributed by atoms with E-state index >= 15 is 0 Å². The van der Waals surface area contributed by atoms with Gasteiger partial charge in [0.1, 0.15) is 11.2 Å². The lowest BCUT2D eigenvalue weighted by molar-refractivity contribution is 0.669. The molecule has 0 saturated heterocycles. The summed E-state index contributed by atoms with van der Waals surface area (Å²) >= 11 is 0. The Morgan fingerprint density at radius 3 is 1.72 bits per heavy atom. The fourth-order valence-corrected chi connectivity index (χ4v) is 8.54. The number of rotatable bonds is 5. The van der Waals surface area contributed by atoms with Gasteiger partial charge in [-0.1, -0.05) is 158 Å². The number of furan rings is 1. The van der Waals surface area contributed by atoms with E-state index in [1.165, 1.54) is 54.2 Å². The van der Waals surface area contributed by atoms with E-state index < -0.39 is 0 Å². The fraction of sp³-hybridized carbons (Fsp3) is 0. The molecule has 2 nitrogen and oxygen atoms in total. The zero-order valence-corrected chi connectivity index (χ0v) is 29.4. The number of hydrogen-bond donors (Lipinski definition) is 0. The molecule has 11 aromatic rings. The Hall–Kier alpha value is -7.16. The van der Waals surface area contributed by atoms with Gasteiger partial charge in [-0.05, 0) is 102 Å². The first-order valence-electron chi connectivity index (χ1n) is 18.5. The molecule has 0 unspecified atom stereocenters. The van der Waals surface area contributed by atoms with Gasteiger partial charge in [0.15, 0.2) is 0 Å². The van der Waals surface area contributed by atoms with Gasteiger partial charge in [0, 0.05) is 27.7 Å². The van der Waals surface area contributed by atoms with Crippen LogP contribution in [-0.2, 0) is 0 Å². The van der Waals surface area contributed by atoms with Gasteiger partial charge in [0.25, 0.3) is 0 Å². The molecule has 1 heterocycles. The van der Waals surface area contributed by atoms with Gasteiger partial charge in [-0.3, -0.25) is 0 Å². The molecule has 11 rings (SSSR count). The maximum absolute atomic E-state index is 6.36. The predicted molar refractivity (Wildman–Crippen MR) is 229 cm³/mol. The number of anilines is 3. The summed E-state index contributed by atoms with van der Waals surface area (Å²) < 4.78 is 6.36. The molecule has 0 bridgehead atoms. The monoisotopic (exact) mass is 687 g/mol. The summed E-state index contributed by atoms with van der Waals surface area (Å²) in [4.78, 5) is 2.41. The zero-order chi connectivity index (χ0) is 35.6. The molecule has 54 heavy (non-hydrogen) atoms. The molecule has 0 spiro atoms. The lowest BCUT2D eigenvalue weighted by atomic mass is 9.94. The molecule has 0 aliphatic rings. The van der Waals surface area contributed by atoms with Gasteiger partial charge in [0.2, 0.25) is 0 Å². The molecule has 0 fully saturated rings. The summed E-state index contributed by atoms with van der Waals surface area (Å²) in [5.41, 5.74) is 9.76. The van der Waals surface area contributed by atoms with Crippen molar-refractivity contribution < 1.29 is 4.42 Å². The van der Waals surface area contributed by atoms with E-state index in [1.54, 1.807) is 0 Å². The minimum absolute atomic E-state index is 0.889. The first-order valence-corrected chi connectivity index (χ1v) is 18.5. The molecular formula is C52H33NO. The van der Waals surface area contributed by atoms with Crippen molar-refractivity contribution >= 4 is 82.1 Å². The van der Waals surface area contributed by atoms with Crippen molar-refractivity contribution in [3.8, 4) is 22.3 Å². The summed E-state index contributed by atoms with van der Waals surface area (Å²) in [7, 11) is 0. The van der Waals surface area contributed by atoms with Crippen molar-refractivity contribution in [2.75, 3.05) is 4.90 Å². The van der Waals surface area contributed by atoms with Crippen molar-refractivity contribution in [3.05, 3.63) is 200 Å². The average Bonchev–Trinajstić information content (AvgIpc) is 3.63. The summed E-state index contributed by atoms with van der Waals surface area (Å²) in [6, 6.07) is 72.4. The average molecular weight is 688 g/mol. The molecule has 0 aliphatic heterocycles. The van der Waals surface area contributed by atoms with Crippen LogP contribution >= 0.6 is 0 Å². The predicted octanol–water partition coefficient (Wildman–Crippen LogP) is 15.0. The Morgan fingerprint density at radius 2 is 0.870 bits per heavy atom. The maximum atomic E-state index is 6.36. The number of para-hydroxylation sites is 2. The molecule has 252 valence electrons. The van der Waals surface area contributed by atoms with Gasteiger partial charge < -0.3 is 9.32 Å². The highest BCUT2D eigenvalue weighted by molar-refractivity contribution is 6.15. The van der Waals surface area contributed by atoms with Gasteiger partial charge in [-0.2, -0.15) is 0 Å². The fourth-order valence-electron chi connectivity index (χ4n) is 8.54. The summed E-state index contributed by atoms with van der Waals surface area (Å²) in [5.74, 6) is 0. The highest BCUT2D eigenvalue weighted by atomic mass is 16.3. The third-order valence-electron chi connectivity index (χ3n) is 11.0. The maximum Gasteiger partial charge on any atom is 0.136 e. The molecule has 10 aromatic carbocycles. The van der Waals surface area contributed by atoms with Crippen LogP contribution in [0.4, 0.5) is 17.1 Å². The van der Waals surface area contributed by atoms with Crippen LogP contribution in [0.5, 0.6) is 0 Å². The van der Waals surface area contributed by atoms with Gasteiger partial charge >= 0.3 is 0 Å². The van der Waals surface area contributed by atoms with Crippen LogP contribution in [0.15, 0.2) is 205 Å². The molecular weight excluding hydrogens is 655 g/mol. The second kappa shape index (κ2) is 12.2. The minimum atomic E-state index is 0.889. The lowest BCUT2D eigenvalue weighted by Crippen LogP contribution is -2.11. The molecule has 0 atom stereocenters. The van der Waals surface area contributed by atoms with Crippen LogP contribution in [0.25, 0.3) is 87.3 Å². The van der Waals surface area contributed by atoms with E-state index in [0.717, 1.165) is 50.1 Å². The molecule has 0 aliphatic carbocycles. The number of nitrogens with zero attached hydrogens (tertiary/aromatic N) is 1. The third kappa shape index (κ3) is 4.81. The van der Waals surface area contributed by atoms with Gasteiger partial charge in [-0.25, -0.2) is 0 Å². The second-order valence-electron chi connectivity index (χ2n) is 14.1. The topological polar surface area (TPSA) is 16.4 Å². The van der Waals surface area contributed by atoms with Crippen molar-refractivity contribution in [1.82, 2.24) is 0 Å². The number of hydrogen-bond acceptors (Lipinski definition) is 2. The molecule has 2 heteroatoms. The third-order valence-corrected chi connectivity index (χ3v) is 11.0. The quantitative estimate of drug-likeness (QED) is 0.168. The van der Waals surface area contributed by atoms with E-state index in [4.69, 9.17) is 4.42 Å². The van der Waals surface area contributed by atoms with E-state index in [9.17, 15) is 0 Å². The Bertz CT molecular complexity index is 3230. The lowest BCUT2D eigenvalue weighted by Gasteiger charge is -2.28. The highest BCUT2D eigenvalue weighted by Gasteiger charge is 2.21. The number of fused-ring (bicyclic) bond motifs is 9. The Morgan fingerprint density at radius 1 is 0.315 bits per heavy atom. The standard InChI is InChI=1S/C52H33NO/c1-3-13-40-34(11-1)23-24-37-33-39(30-32-43(37)40)53(49-20-7-5-15-46(49)47-19-10-22-51-52(47)48-16-6-8-21-50(48)54-51)38-28-25-36(26-29-38)42-17-9-18-44-41-14-4-2-12-35(41)27-31-45(42)44/h1-33H. The zero-order valence-electron chi connectivity index (χ0n) is 29.4. The normalized spacial score (nSPS) is 11.7. The van der Waals surface area contributed by atoms with Crippen LogP contribution in [0.2, 0.25) is 0 Å². The van der Waals surface area contributed by atoms with Crippen LogP contribution < -0.4 is 4.90 Å². The molecule has 0 radical (unpaired) electrons. The minimum Gasteiger partial charge on any atom is -0.456 e. The van der Waals surface area contributed by atoms with Crippen LogP contribution in [0.3, 0.4) is 0 Å². The highest BCUT2D eigenvalue weighted by Crippen LogP contribution is 2.46. The van der Waals surface area contributed by atoms with Crippen molar-refractivity contribution in [2.24, 2.45) is 0 Å². The molecule has 0 amide bonds. The number of benzene rings is 10. The SMILES string of the molecule is c1ccc(N(c2ccc(-c3cccc4c3ccc3ccccc34)cc2)c2ccc3c(ccc4ccccc43)c2)c(-c2cccc3oc4ccccc4c23)c1. The Labute approximate surface area is 312 Å². The summed E-state index contributed by atoms with van der Waals surface area (Å²) in [6.07, 6.45) is 0. The smallest absolute Gasteiger partial charge is 0.136 e. The van der Waals surface area contributed by atoms with E-state index in [0.29, 0.717) is 0 Å². The van der Waals surface area contributed by atoms with Gasteiger partial charge in [-0.15, -0.1) is 0 Å². The van der Waals surface area contributed by atoms with E-state index in [1.807, 2.05) is 6.07 Å². The van der Waals surface area contributed by atoms with E-state index in [-0.39, 0.29) is 0 Å². The van der Waals surface area contributed by atoms with Crippen LogP contribution in [0, 0.1) is 0 Å². The summed E-state index contributed by atoms with van der Waals surface area (Å²) in [5, 5.41) is 12.3. The first kappa shape index (κ1) is 30.5. The second-order valence-corrected chi connectivity index (χ2v) is 14.1. The molecule has 1 aromatic heterocycles. The first-order chi connectivity index (χ1) is 26.8. The van der Waals surface area contributed by atoms with Crippen molar-refractivity contribution in [2.45, 2.75) is 0 Å². The largest absolute Gasteiger partial charge is 0.456 e. The summed E-state index contributed by atoms with van der Waals surface area (Å²) in [6.45, 7) is 0. The van der Waals surface area contributed by atoms with Gasteiger partial charge in [0.05, 0.1) is 5.69 Å². The van der Waals surface area contributed by atoms with Crippen molar-refractivity contribution in [1.29, 1.82) is 0 Å². The Balaban J connectivity index is 1.11. The molecule has 0 saturated carbocycles. The Kier molecular flexibility index (Phi) is 6.90.